The van der Waals surface area contributed by atoms with Crippen molar-refractivity contribution in [3.05, 3.63) is 34.9 Å². The van der Waals surface area contributed by atoms with Crippen molar-refractivity contribution in [1.82, 2.24) is 10.6 Å². The van der Waals surface area contributed by atoms with Crippen LogP contribution in [0.4, 0.5) is 0 Å². The summed E-state index contributed by atoms with van der Waals surface area (Å²) in [6.07, 6.45) is 0. The van der Waals surface area contributed by atoms with Gasteiger partial charge in [0.25, 0.3) is 0 Å². The number of rotatable bonds is 5. The van der Waals surface area contributed by atoms with Crippen molar-refractivity contribution in [2.45, 2.75) is 59.0 Å². The van der Waals surface area contributed by atoms with Crippen LogP contribution < -0.4 is 10.6 Å². The van der Waals surface area contributed by atoms with Crippen molar-refractivity contribution in [2.24, 2.45) is 0 Å². The molecular formula is C16H26N2O. The molecule has 0 fully saturated rings. The quantitative estimate of drug-likeness (QED) is 0.855. The van der Waals surface area contributed by atoms with Crippen molar-refractivity contribution >= 4 is 0 Å². The SMILES string of the molecule is CC(CNC(C)(C)C)NCc1ccc2c(c1)COC2. The number of fused-ring (bicyclic) bond motifs is 1. The second kappa shape index (κ2) is 6.04. The molecule has 1 aromatic rings. The summed E-state index contributed by atoms with van der Waals surface area (Å²) >= 11 is 0. The molecular weight excluding hydrogens is 236 g/mol. The monoisotopic (exact) mass is 262 g/mol. The highest BCUT2D eigenvalue weighted by molar-refractivity contribution is 5.33. The first-order valence-electron chi connectivity index (χ1n) is 7.11. The van der Waals surface area contributed by atoms with Gasteiger partial charge in [0.2, 0.25) is 0 Å². The highest BCUT2D eigenvalue weighted by Crippen LogP contribution is 2.20. The molecule has 1 unspecified atom stereocenters. The Morgan fingerprint density at radius 3 is 2.68 bits per heavy atom. The van der Waals surface area contributed by atoms with Crippen LogP contribution in [0.5, 0.6) is 0 Å². The van der Waals surface area contributed by atoms with Crippen LogP contribution in [0.2, 0.25) is 0 Å². The maximum Gasteiger partial charge on any atom is 0.0725 e. The van der Waals surface area contributed by atoms with E-state index in [4.69, 9.17) is 4.74 Å². The molecule has 0 amide bonds. The minimum Gasteiger partial charge on any atom is -0.372 e. The Hall–Kier alpha value is -0.900. The number of ether oxygens (including phenoxy) is 1. The second-order valence-electron chi connectivity index (χ2n) is 6.51. The first kappa shape index (κ1) is 14.5. The van der Waals surface area contributed by atoms with Crippen molar-refractivity contribution in [2.75, 3.05) is 6.54 Å². The Morgan fingerprint density at radius 1 is 1.21 bits per heavy atom. The van der Waals surface area contributed by atoms with Crippen LogP contribution in [-0.4, -0.2) is 18.1 Å². The third kappa shape index (κ3) is 4.60. The van der Waals surface area contributed by atoms with Crippen LogP contribution in [0.1, 0.15) is 44.4 Å². The molecule has 0 spiro atoms. The smallest absolute Gasteiger partial charge is 0.0725 e. The van der Waals surface area contributed by atoms with Gasteiger partial charge in [-0.3, -0.25) is 0 Å². The number of benzene rings is 1. The second-order valence-corrected chi connectivity index (χ2v) is 6.51. The predicted octanol–water partition coefficient (Wildman–Crippen LogP) is 2.58. The minimum absolute atomic E-state index is 0.181. The average molecular weight is 262 g/mol. The van der Waals surface area contributed by atoms with Gasteiger partial charge in [-0.25, -0.2) is 0 Å². The summed E-state index contributed by atoms with van der Waals surface area (Å²) in [6, 6.07) is 7.12. The molecule has 2 N–H and O–H groups in total. The van der Waals surface area contributed by atoms with E-state index in [2.05, 4.69) is 56.5 Å². The van der Waals surface area contributed by atoms with Gasteiger partial charge in [0, 0.05) is 24.7 Å². The van der Waals surface area contributed by atoms with E-state index >= 15 is 0 Å². The number of hydrogen-bond donors (Lipinski definition) is 2. The fourth-order valence-corrected chi connectivity index (χ4v) is 2.16. The molecule has 0 saturated heterocycles. The van der Waals surface area contributed by atoms with Crippen molar-refractivity contribution in [1.29, 1.82) is 0 Å². The zero-order valence-corrected chi connectivity index (χ0v) is 12.5. The zero-order chi connectivity index (χ0) is 13.9. The van der Waals surface area contributed by atoms with Crippen LogP contribution in [-0.2, 0) is 24.5 Å². The normalized spacial score (nSPS) is 16.4. The first-order chi connectivity index (χ1) is 8.94. The topological polar surface area (TPSA) is 33.3 Å². The van der Waals surface area contributed by atoms with Gasteiger partial charge in [0.05, 0.1) is 13.2 Å². The Labute approximate surface area is 116 Å². The Balaban J connectivity index is 1.79. The number of hydrogen-bond acceptors (Lipinski definition) is 3. The molecule has 0 saturated carbocycles. The summed E-state index contributed by atoms with van der Waals surface area (Å²) in [7, 11) is 0. The highest BCUT2D eigenvalue weighted by Gasteiger charge is 2.12. The first-order valence-corrected chi connectivity index (χ1v) is 7.11. The van der Waals surface area contributed by atoms with Gasteiger partial charge in [0.1, 0.15) is 0 Å². The molecule has 1 atom stereocenters. The fourth-order valence-electron chi connectivity index (χ4n) is 2.16. The zero-order valence-electron chi connectivity index (χ0n) is 12.5. The molecule has 106 valence electrons. The Kier molecular flexibility index (Phi) is 4.61. The molecule has 1 aliphatic rings. The maximum absolute atomic E-state index is 5.44. The molecule has 1 aliphatic heterocycles. The van der Waals surface area contributed by atoms with E-state index in [1.165, 1.54) is 16.7 Å². The predicted molar refractivity (Wildman–Crippen MR) is 79.0 cm³/mol. The minimum atomic E-state index is 0.181. The third-order valence-electron chi connectivity index (χ3n) is 3.38. The summed E-state index contributed by atoms with van der Waals surface area (Å²) in [6.45, 7) is 12.2. The molecule has 0 bridgehead atoms. The van der Waals surface area contributed by atoms with E-state index in [9.17, 15) is 0 Å². The fraction of sp³-hybridized carbons (Fsp3) is 0.625. The lowest BCUT2D eigenvalue weighted by Gasteiger charge is -2.24. The van der Waals surface area contributed by atoms with Gasteiger partial charge in [-0.05, 0) is 44.4 Å². The van der Waals surface area contributed by atoms with Gasteiger partial charge < -0.3 is 15.4 Å². The van der Waals surface area contributed by atoms with Gasteiger partial charge in [-0.1, -0.05) is 18.2 Å². The lowest BCUT2D eigenvalue weighted by Crippen LogP contribution is -2.44. The molecule has 0 aliphatic carbocycles. The van der Waals surface area contributed by atoms with Crippen LogP contribution in [0, 0.1) is 0 Å². The van der Waals surface area contributed by atoms with Crippen molar-refractivity contribution < 1.29 is 4.74 Å². The molecule has 19 heavy (non-hydrogen) atoms. The average Bonchev–Trinajstić information content (AvgIpc) is 2.80. The van der Waals surface area contributed by atoms with Gasteiger partial charge in [-0.2, -0.15) is 0 Å². The van der Waals surface area contributed by atoms with E-state index in [-0.39, 0.29) is 5.54 Å². The van der Waals surface area contributed by atoms with E-state index in [0.717, 1.165) is 26.3 Å². The van der Waals surface area contributed by atoms with E-state index in [1.807, 2.05) is 0 Å². The molecule has 0 aromatic heterocycles. The summed E-state index contributed by atoms with van der Waals surface area (Å²) in [5.41, 5.74) is 4.21. The Bertz CT molecular complexity index is 423. The Morgan fingerprint density at radius 2 is 1.95 bits per heavy atom. The van der Waals surface area contributed by atoms with Crippen LogP contribution in [0.15, 0.2) is 18.2 Å². The highest BCUT2D eigenvalue weighted by atomic mass is 16.5. The third-order valence-corrected chi connectivity index (χ3v) is 3.38. The van der Waals surface area contributed by atoms with E-state index < -0.39 is 0 Å². The molecule has 0 radical (unpaired) electrons. The summed E-state index contributed by atoms with van der Waals surface area (Å²) in [5, 5.41) is 7.08. The summed E-state index contributed by atoms with van der Waals surface area (Å²) in [5.74, 6) is 0. The summed E-state index contributed by atoms with van der Waals surface area (Å²) < 4.78 is 5.44. The standard InChI is InChI=1S/C16H26N2O/c1-12(8-18-16(2,3)4)17-9-13-5-6-14-10-19-11-15(14)7-13/h5-7,12,17-18H,8-11H2,1-4H3. The molecule has 3 heteroatoms. The number of nitrogens with one attached hydrogen (secondary N) is 2. The van der Waals surface area contributed by atoms with E-state index in [0.29, 0.717) is 6.04 Å². The van der Waals surface area contributed by atoms with Gasteiger partial charge in [-0.15, -0.1) is 0 Å². The molecule has 1 heterocycles. The van der Waals surface area contributed by atoms with Crippen molar-refractivity contribution in [3.8, 4) is 0 Å². The van der Waals surface area contributed by atoms with Gasteiger partial charge in [0.15, 0.2) is 0 Å². The van der Waals surface area contributed by atoms with Crippen molar-refractivity contribution in [3.63, 3.8) is 0 Å². The van der Waals surface area contributed by atoms with Crippen LogP contribution >= 0.6 is 0 Å². The molecule has 1 aromatic carbocycles. The molecule has 3 nitrogen and oxygen atoms in total. The maximum atomic E-state index is 5.44. The van der Waals surface area contributed by atoms with Gasteiger partial charge >= 0.3 is 0 Å². The lowest BCUT2D eigenvalue weighted by molar-refractivity contribution is 0.134. The van der Waals surface area contributed by atoms with E-state index in [1.54, 1.807) is 0 Å². The molecule has 2 rings (SSSR count). The van der Waals surface area contributed by atoms with Crippen LogP contribution in [0.25, 0.3) is 0 Å². The summed E-state index contributed by atoms with van der Waals surface area (Å²) in [4.78, 5) is 0. The lowest BCUT2D eigenvalue weighted by atomic mass is 10.1. The van der Waals surface area contributed by atoms with Crippen LogP contribution in [0.3, 0.4) is 0 Å². The largest absolute Gasteiger partial charge is 0.372 e.